The average Bonchev–Trinajstić information content (AvgIpc) is 3.16. The summed E-state index contributed by atoms with van der Waals surface area (Å²) in [5, 5.41) is 10.1. The Labute approximate surface area is 144 Å². The SMILES string of the molecule is O=C(Nc1cnn(CC(F)(F)F)c1)c1cc(-c2ccc(Cl)cc2)on1. The van der Waals surface area contributed by atoms with Crippen LogP contribution in [0.5, 0.6) is 0 Å². The minimum atomic E-state index is -4.40. The molecule has 0 unspecified atom stereocenters. The quantitative estimate of drug-likeness (QED) is 0.753. The summed E-state index contributed by atoms with van der Waals surface area (Å²) >= 11 is 5.80. The second kappa shape index (κ2) is 6.60. The molecule has 0 saturated heterocycles. The van der Waals surface area contributed by atoms with Crippen LogP contribution < -0.4 is 5.32 Å². The van der Waals surface area contributed by atoms with Crippen LogP contribution in [0.15, 0.2) is 47.2 Å². The molecule has 2 aromatic heterocycles. The molecular formula is C15H10ClF3N4O2. The smallest absolute Gasteiger partial charge is 0.355 e. The second-order valence-electron chi connectivity index (χ2n) is 5.08. The van der Waals surface area contributed by atoms with E-state index in [0.29, 0.717) is 21.0 Å². The number of nitrogens with one attached hydrogen (secondary N) is 1. The van der Waals surface area contributed by atoms with E-state index in [9.17, 15) is 18.0 Å². The molecule has 6 nitrogen and oxygen atoms in total. The first kappa shape index (κ1) is 17.0. The zero-order chi connectivity index (χ0) is 18.0. The van der Waals surface area contributed by atoms with E-state index >= 15 is 0 Å². The molecule has 0 spiro atoms. The molecule has 3 rings (SSSR count). The summed E-state index contributed by atoms with van der Waals surface area (Å²) in [6.45, 7) is -1.24. The van der Waals surface area contributed by atoms with Crippen molar-refractivity contribution in [3.8, 4) is 11.3 Å². The number of halogens is 4. The maximum absolute atomic E-state index is 12.3. The molecule has 3 aromatic rings. The first-order valence-electron chi connectivity index (χ1n) is 6.93. The standard InChI is InChI=1S/C15H10ClF3N4O2/c16-10-3-1-9(2-4-10)13-5-12(22-25-13)14(24)21-11-6-20-23(7-11)8-15(17,18)19/h1-7H,8H2,(H,21,24). The molecular weight excluding hydrogens is 361 g/mol. The van der Waals surface area contributed by atoms with E-state index in [1.807, 2.05) is 0 Å². The van der Waals surface area contributed by atoms with E-state index in [1.54, 1.807) is 24.3 Å². The lowest BCUT2D eigenvalue weighted by Gasteiger charge is -2.05. The fraction of sp³-hybridized carbons (Fsp3) is 0.133. The number of amides is 1. The molecule has 1 aromatic carbocycles. The van der Waals surface area contributed by atoms with Crippen LogP contribution in [-0.4, -0.2) is 27.0 Å². The molecule has 1 N–H and O–H groups in total. The molecule has 1 amide bonds. The molecule has 0 radical (unpaired) electrons. The Hall–Kier alpha value is -2.81. The van der Waals surface area contributed by atoms with E-state index in [0.717, 1.165) is 12.4 Å². The molecule has 2 heterocycles. The number of carbonyl (C=O) groups excluding carboxylic acids is 1. The largest absolute Gasteiger partial charge is 0.408 e. The van der Waals surface area contributed by atoms with Gasteiger partial charge in [0, 0.05) is 22.8 Å². The monoisotopic (exact) mass is 370 g/mol. The molecule has 0 atom stereocenters. The van der Waals surface area contributed by atoms with Gasteiger partial charge in [0.1, 0.15) is 6.54 Å². The average molecular weight is 371 g/mol. The number of hydrogen-bond acceptors (Lipinski definition) is 4. The summed E-state index contributed by atoms with van der Waals surface area (Å²) in [7, 11) is 0. The van der Waals surface area contributed by atoms with E-state index in [-0.39, 0.29) is 11.4 Å². The third-order valence-electron chi connectivity index (χ3n) is 3.10. The minimum absolute atomic E-state index is 0.0199. The van der Waals surface area contributed by atoms with Gasteiger partial charge in [-0.15, -0.1) is 0 Å². The maximum Gasteiger partial charge on any atom is 0.408 e. The van der Waals surface area contributed by atoms with Crippen molar-refractivity contribution in [2.24, 2.45) is 0 Å². The number of hydrogen-bond donors (Lipinski definition) is 1. The van der Waals surface area contributed by atoms with Crippen molar-refractivity contribution in [1.82, 2.24) is 14.9 Å². The van der Waals surface area contributed by atoms with Crippen molar-refractivity contribution < 1.29 is 22.5 Å². The van der Waals surface area contributed by atoms with Crippen LogP contribution in [0.1, 0.15) is 10.5 Å². The Balaban J connectivity index is 1.69. The van der Waals surface area contributed by atoms with Crippen LogP contribution in [-0.2, 0) is 6.54 Å². The van der Waals surface area contributed by atoms with Gasteiger partial charge < -0.3 is 9.84 Å². The van der Waals surface area contributed by atoms with Crippen molar-refractivity contribution in [1.29, 1.82) is 0 Å². The highest BCUT2D eigenvalue weighted by molar-refractivity contribution is 6.30. The number of nitrogens with zero attached hydrogens (tertiary/aromatic N) is 3. The Morgan fingerprint density at radius 1 is 1.28 bits per heavy atom. The van der Waals surface area contributed by atoms with Crippen LogP contribution >= 0.6 is 11.6 Å². The van der Waals surface area contributed by atoms with E-state index in [2.05, 4.69) is 15.6 Å². The van der Waals surface area contributed by atoms with Crippen molar-refractivity contribution in [2.45, 2.75) is 12.7 Å². The highest BCUT2D eigenvalue weighted by Gasteiger charge is 2.28. The van der Waals surface area contributed by atoms with Gasteiger partial charge in [-0.25, -0.2) is 0 Å². The van der Waals surface area contributed by atoms with E-state index < -0.39 is 18.6 Å². The van der Waals surface area contributed by atoms with Crippen molar-refractivity contribution in [2.75, 3.05) is 5.32 Å². The van der Waals surface area contributed by atoms with Crippen molar-refractivity contribution in [3.63, 3.8) is 0 Å². The van der Waals surface area contributed by atoms with Crippen LogP contribution in [0.4, 0.5) is 18.9 Å². The molecule has 10 heteroatoms. The highest BCUT2D eigenvalue weighted by Crippen LogP contribution is 2.23. The van der Waals surface area contributed by atoms with Crippen LogP contribution in [0, 0.1) is 0 Å². The molecule has 0 aliphatic rings. The number of aromatic nitrogens is 3. The Morgan fingerprint density at radius 3 is 2.68 bits per heavy atom. The first-order valence-corrected chi connectivity index (χ1v) is 7.31. The number of carbonyl (C=O) groups is 1. The third-order valence-corrected chi connectivity index (χ3v) is 3.36. The predicted octanol–water partition coefficient (Wildman–Crippen LogP) is 4.01. The third kappa shape index (κ3) is 4.38. The number of anilines is 1. The van der Waals surface area contributed by atoms with Gasteiger partial charge in [-0.1, -0.05) is 16.8 Å². The summed E-state index contributed by atoms with van der Waals surface area (Å²) in [6, 6.07) is 8.14. The van der Waals surface area contributed by atoms with Gasteiger partial charge in [0.2, 0.25) is 0 Å². The molecule has 0 saturated carbocycles. The lowest BCUT2D eigenvalue weighted by atomic mass is 10.1. The maximum atomic E-state index is 12.3. The molecule has 0 aliphatic heterocycles. The lowest BCUT2D eigenvalue weighted by Crippen LogP contribution is -2.18. The van der Waals surface area contributed by atoms with E-state index in [4.69, 9.17) is 16.1 Å². The van der Waals surface area contributed by atoms with Crippen LogP contribution in [0.25, 0.3) is 11.3 Å². The zero-order valence-corrected chi connectivity index (χ0v) is 13.2. The van der Waals surface area contributed by atoms with Gasteiger partial charge in [0.05, 0.1) is 11.9 Å². The number of benzene rings is 1. The van der Waals surface area contributed by atoms with Crippen LogP contribution in [0.3, 0.4) is 0 Å². The highest BCUT2D eigenvalue weighted by atomic mass is 35.5. The van der Waals surface area contributed by atoms with Crippen molar-refractivity contribution in [3.05, 3.63) is 53.4 Å². The fourth-order valence-electron chi connectivity index (χ4n) is 2.03. The Bertz CT molecular complexity index is 887. The summed E-state index contributed by atoms with van der Waals surface area (Å²) in [4.78, 5) is 12.1. The lowest BCUT2D eigenvalue weighted by molar-refractivity contribution is -0.142. The Kier molecular flexibility index (Phi) is 4.49. The molecule has 25 heavy (non-hydrogen) atoms. The van der Waals surface area contributed by atoms with Gasteiger partial charge in [0.25, 0.3) is 5.91 Å². The van der Waals surface area contributed by atoms with Crippen molar-refractivity contribution >= 4 is 23.2 Å². The molecule has 0 fully saturated rings. The topological polar surface area (TPSA) is 73.0 Å². The Morgan fingerprint density at radius 2 is 2.00 bits per heavy atom. The van der Waals surface area contributed by atoms with Gasteiger partial charge in [0.15, 0.2) is 11.5 Å². The zero-order valence-electron chi connectivity index (χ0n) is 12.4. The number of rotatable bonds is 4. The fourth-order valence-corrected chi connectivity index (χ4v) is 2.15. The van der Waals surface area contributed by atoms with Crippen LogP contribution in [0.2, 0.25) is 5.02 Å². The number of alkyl halides is 3. The normalized spacial score (nSPS) is 11.5. The summed E-state index contributed by atoms with van der Waals surface area (Å²) in [5.74, 6) is -0.273. The van der Waals surface area contributed by atoms with Gasteiger partial charge in [-0.3, -0.25) is 9.48 Å². The summed E-state index contributed by atoms with van der Waals surface area (Å²) < 4.78 is 42.6. The van der Waals surface area contributed by atoms with Gasteiger partial charge >= 0.3 is 6.18 Å². The van der Waals surface area contributed by atoms with E-state index in [1.165, 1.54) is 6.07 Å². The molecule has 0 bridgehead atoms. The summed E-state index contributed by atoms with van der Waals surface area (Å²) in [6.07, 6.45) is -2.21. The predicted molar refractivity (Wildman–Crippen MR) is 83.2 cm³/mol. The van der Waals surface area contributed by atoms with Gasteiger partial charge in [-0.2, -0.15) is 18.3 Å². The molecule has 130 valence electrons. The molecule has 0 aliphatic carbocycles. The van der Waals surface area contributed by atoms with Gasteiger partial charge in [-0.05, 0) is 24.3 Å². The second-order valence-corrected chi connectivity index (χ2v) is 5.52. The minimum Gasteiger partial charge on any atom is -0.355 e. The summed E-state index contributed by atoms with van der Waals surface area (Å²) in [5.41, 5.74) is 0.771. The first-order chi connectivity index (χ1) is 11.8.